The van der Waals surface area contributed by atoms with Crippen molar-refractivity contribution < 1.29 is 0 Å². The fourth-order valence-electron chi connectivity index (χ4n) is 3.00. The summed E-state index contributed by atoms with van der Waals surface area (Å²) in [6.45, 7) is 9.23. The lowest BCUT2D eigenvalue weighted by Gasteiger charge is -2.30. The predicted octanol–water partition coefficient (Wildman–Crippen LogP) is 2.05. The maximum absolute atomic E-state index is 4.10. The Morgan fingerprint density at radius 2 is 1.94 bits per heavy atom. The van der Waals surface area contributed by atoms with Crippen LogP contribution in [0.15, 0.2) is 24.5 Å². The lowest BCUT2D eigenvalue weighted by atomic mass is 10.1. The number of hydrogen-bond acceptors (Lipinski definition) is 3. The summed E-state index contributed by atoms with van der Waals surface area (Å²) in [4.78, 5) is 6.71. The number of nitrogens with zero attached hydrogens (tertiary/aromatic N) is 2. The summed E-state index contributed by atoms with van der Waals surface area (Å²) in [6, 6.07) is 4.26. The van der Waals surface area contributed by atoms with E-state index in [0.717, 1.165) is 13.1 Å². The van der Waals surface area contributed by atoms with Crippen LogP contribution in [0.25, 0.3) is 0 Å². The van der Waals surface area contributed by atoms with Crippen LogP contribution in [0.4, 0.5) is 0 Å². The number of rotatable bonds is 2. The zero-order valence-corrected chi connectivity index (χ0v) is 11.4. The highest BCUT2D eigenvalue weighted by atomic mass is 15.2. The lowest BCUT2D eigenvalue weighted by Crippen LogP contribution is -2.46. The Morgan fingerprint density at radius 3 is 2.61 bits per heavy atom. The van der Waals surface area contributed by atoms with Crippen molar-refractivity contribution in [2.45, 2.75) is 38.8 Å². The molecule has 0 bridgehead atoms. The summed E-state index contributed by atoms with van der Waals surface area (Å²) in [5.41, 5.74) is 2.17. The van der Waals surface area contributed by atoms with Crippen LogP contribution in [0.1, 0.15) is 32.3 Å². The average Bonchev–Trinajstić information content (AvgIpc) is 3.09. The third kappa shape index (κ3) is 2.73. The number of hydrogen-bond donors (Lipinski definition) is 1. The Kier molecular flexibility index (Phi) is 2.91. The van der Waals surface area contributed by atoms with Crippen LogP contribution >= 0.6 is 0 Å². The molecule has 1 aromatic rings. The molecule has 98 valence electrons. The van der Waals surface area contributed by atoms with E-state index in [2.05, 4.69) is 41.2 Å². The first kappa shape index (κ1) is 12.1. The fraction of sp³-hybridized carbons (Fsp3) is 0.667. The van der Waals surface area contributed by atoms with E-state index in [-0.39, 0.29) is 5.54 Å². The Hall–Kier alpha value is -0.930. The van der Waals surface area contributed by atoms with E-state index in [4.69, 9.17) is 0 Å². The maximum atomic E-state index is 4.10. The molecule has 18 heavy (non-hydrogen) atoms. The predicted molar refractivity (Wildman–Crippen MR) is 73.3 cm³/mol. The molecule has 3 rings (SSSR count). The van der Waals surface area contributed by atoms with Crippen molar-refractivity contribution in [3.05, 3.63) is 30.1 Å². The number of aromatic nitrogens is 1. The molecule has 2 heterocycles. The molecule has 1 aliphatic heterocycles. The van der Waals surface area contributed by atoms with Gasteiger partial charge in [-0.2, -0.15) is 0 Å². The van der Waals surface area contributed by atoms with Gasteiger partial charge in [-0.1, -0.05) is 0 Å². The highest BCUT2D eigenvalue weighted by Crippen LogP contribution is 2.47. The third-order valence-electron chi connectivity index (χ3n) is 4.23. The Labute approximate surface area is 110 Å². The van der Waals surface area contributed by atoms with Crippen molar-refractivity contribution in [1.29, 1.82) is 0 Å². The Balaban J connectivity index is 1.73. The molecule has 0 amide bonds. The molecule has 1 saturated heterocycles. The molecule has 1 spiro atoms. The summed E-state index contributed by atoms with van der Waals surface area (Å²) >= 11 is 0. The van der Waals surface area contributed by atoms with Crippen LogP contribution in [0, 0.1) is 5.41 Å². The van der Waals surface area contributed by atoms with Crippen LogP contribution in [0.3, 0.4) is 0 Å². The fourth-order valence-corrected chi connectivity index (χ4v) is 3.00. The van der Waals surface area contributed by atoms with Gasteiger partial charge in [-0.05, 0) is 49.8 Å². The van der Waals surface area contributed by atoms with E-state index < -0.39 is 0 Å². The smallest absolute Gasteiger partial charge is 0.0271 e. The van der Waals surface area contributed by atoms with Crippen molar-refractivity contribution >= 4 is 0 Å². The molecule has 0 unspecified atom stereocenters. The van der Waals surface area contributed by atoms with Gasteiger partial charge in [0.25, 0.3) is 0 Å². The van der Waals surface area contributed by atoms with Gasteiger partial charge in [0.2, 0.25) is 0 Å². The summed E-state index contributed by atoms with van der Waals surface area (Å²) in [7, 11) is 0. The zero-order chi connectivity index (χ0) is 12.6. The van der Waals surface area contributed by atoms with E-state index in [1.54, 1.807) is 0 Å². The summed E-state index contributed by atoms with van der Waals surface area (Å²) in [6.07, 6.45) is 6.57. The van der Waals surface area contributed by atoms with Gasteiger partial charge in [0.1, 0.15) is 0 Å². The highest BCUT2D eigenvalue weighted by molar-refractivity contribution is 5.11. The minimum Gasteiger partial charge on any atom is -0.310 e. The normalized spacial score (nSPS) is 25.9. The molecular weight excluding hydrogens is 222 g/mol. The van der Waals surface area contributed by atoms with Crippen molar-refractivity contribution in [2.75, 3.05) is 19.6 Å². The topological polar surface area (TPSA) is 28.2 Å². The minimum absolute atomic E-state index is 0.221. The first-order valence-electron chi connectivity index (χ1n) is 6.93. The third-order valence-corrected chi connectivity index (χ3v) is 4.23. The second-order valence-corrected chi connectivity index (χ2v) is 6.74. The van der Waals surface area contributed by atoms with Crippen molar-refractivity contribution in [1.82, 2.24) is 15.2 Å². The van der Waals surface area contributed by atoms with Gasteiger partial charge in [0.05, 0.1) is 0 Å². The van der Waals surface area contributed by atoms with E-state index in [1.165, 1.54) is 31.5 Å². The summed E-state index contributed by atoms with van der Waals surface area (Å²) in [5.74, 6) is 0. The SMILES string of the molecule is CC1(C)CN(Cc2ccncc2)CC2(CC2)CN1. The van der Waals surface area contributed by atoms with Crippen LogP contribution in [0.5, 0.6) is 0 Å². The molecule has 2 aliphatic rings. The Bertz CT molecular complexity index is 401. The van der Waals surface area contributed by atoms with Crippen molar-refractivity contribution in [3.63, 3.8) is 0 Å². The lowest BCUT2D eigenvalue weighted by molar-refractivity contribution is 0.206. The molecule has 2 fully saturated rings. The quantitative estimate of drug-likeness (QED) is 0.864. The standard InChI is InChI=1S/C15H23N3/c1-14(2)11-18(9-13-3-7-16-8-4-13)12-15(5-6-15)10-17-14/h3-4,7-8,17H,5-6,9-12H2,1-2H3. The first-order chi connectivity index (χ1) is 8.57. The highest BCUT2D eigenvalue weighted by Gasteiger charge is 2.46. The van der Waals surface area contributed by atoms with Crippen molar-refractivity contribution in [2.24, 2.45) is 5.41 Å². The van der Waals surface area contributed by atoms with Gasteiger partial charge in [-0.3, -0.25) is 9.88 Å². The molecule has 1 saturated carbocycles. The zero-order valence-electron chi connectivity index (χ0n) is 11.4. The Morgan fingerprint density at radius 1 is 1.22 bits per heavy atom. The van der Waals surface area contributed by atoms with E-state index in [0.29, 0.717) is 5.41 Å². The van der Waals surface area contributed by atoms with Gasteiger partial charge in [-0.15, -0.1) is 0 Å². The van der Waals surface area contributed by atoms with Gasteiger partial charge in [0, 0.05) is 44.1 Å². The minimum atomic E-state index is 0.221. The maximum Gasteiger partial charge on any atom is 0.0271 e. The summed E-state index contributed by atoms with van der Waals surface area (Å²) < 4.78 is 0. The molecule has 0 atom stereocenters. The molecule has 1 N–H and O–H groups in total. The summed E-state index contributed by atoms with van der Waals surface area (Å²) in [5, 5.41) is 3.74. The molecular formula is C15H23N3. The van der Waals surface area contributed by atoms with Crippen molar-refractivity contribution in [3.8, 4) is 0 Å². The average molecular weight is 245 g/mol. The second kappa shape index (κ2) is 4.32. The van der Waals surface area contributed by atoms with Crippen LogP contribution in [-0.4, -0.2) is 35.1 Å². The van der Waals surface area contributed by atoms with E-state index in [9.17, 15) is 0 Å². The van der Waals surface area contributed by atoms with Gasteiger partial charge < -0.3 is 5.32 Å². The molecule has 1 aromatic heterocycles. The van der Waals surface area contributed by atoms with E-state index >= 15 is 0 Å². The molecule has 0 radical (unpaired) electrons. The van der Waals surface area contributed by atoms with Crippen LogP contribution in [-0.2, 0) is 6.54 Å². The second-order valence-electron chi connectivity index (χ2n) is 6.74. The molecule has 3 nitrogen and oxygen atoms in total. The molecule has 1 aliphatic carbocycles. The largest absolute Gasteiger partial charge is 0.310 e. The van der Waals surface area contributed by atoms with E-state index in [1.807, 2.05) is 12.4 Å². The van der Waals surface area contributed by atoms with Gasteiger partial charge >= 0.3 is 0 Å². The number of nitrogens with one attached hydrogen (secondary N) is 1. The first-order valence-corrected chi connectivity index (χ1v) is 6.93. The molecule has 0 aromatic carbocycles. The van der Waals surface area contributed by atoms with Crippen LogP contribution in [0.2, 0.25) is 0 Å². The van der Waals surface area contributed by atoms with Gasteiger partial charge in [-0.25, -0.2) is 0 Å². The number of pyridine rings is 1. The van der Waals surface area contributed by atoms with Crippen LogP contribution < -0.4 is 5.32 Å². The van der Waals surface area contributed by atoms with Gasteiger partial charge in [0.15, 0.2) is 0 Å². The molecule has 3 heteroatoms. The monoisotopic (exact) mass is 245 g/mol.